The van der Waals surface area contributed by atoms with Gasteiger partial charge in [0.2, 0.25) is 12.0 Å². The lowest BCUT2D eigenvalue weighted by Crippen LogP contribution is -2.43. The molecule has 6 rings (SSSR count). The first-order chi connectivity index (χ1) is 27.6. The maximum atomic E-state index is 13.4. The second-order valence-corrected chi connectivity index (χ2v) is 23.5. The van der Waals surface area contributed by atoms with Crippen molar-refractivity contribution in [3.63, 3.8) is 0 Å². The zero-order valence-corrected chi connectivity index (χ0v) is 36.9. The average Bonchev–Trinajstić information content (AvgIpc) is 3.98. The number of benzene rings is 2. The number of anilines is 1. The SMILES string of the molecule is CN(CCCn1c(=O)[nH]c2cc(CNC[C@H](O[Si](C)(C)C(C)(C)C)c3ccc(O)c(NC=O)c3)ccc21)[C@H]1CC[C@H](OC(=O)C(O)(c2cccs2)c2cccs2)CC1. The zero-order valence-electron chi connectivity index (χ0n) is 34.2. The molecule has 15 heteroatoms. The van der Waals surface area contributed by atoms with Crippen LogP contribution < -0.4 is 16.3 Å². The normalized spacial score (nSPS) is 17.1. The Morgan fingerprint density at radius 2 is 1.74 bits per heavy atom. The van der Waals surface area contributed by atoms with Crippen molar-refractivity contribution in [3.8, 4) is 5.75 Å². The number of imidazole rings is 1. The molecule has 0 saturated heterocycles. The molecule has 1 saturated carbocycles. The van der Waals surface area contributed by atoms with Gasteiger partial charge < -0.3 is 39.9 Å². The van der Waals surface area contributed by atoms with Gasteiger partial charge in [-0.1, -0.05) is 45.0 Å². The molecule has 12 nitrogen and oxygen atoms in total. The molecule has 0 spiro atoms. The van der Waals surface area contributed by atoms with Crippen LogP contribution in [0.25, 0.3) is 11.0 Å². The molecule has 3 aromatic heterocycles. The van der Waals surface area contributed by atoms with Crippen LogP contribution >= 0.6 is 22.7 Å². The number of aromatic amines is 1. The third-order valence-electron chi connectivity index (χ3n) is 11.8. The lowest BCUT2D eigenvalue weighted by molar-refractivity contribution is -0.169. The number of aryl methyl sites for hydroxylation is 1. The number of thiophene rings is 2. The van der Waals surface area contributed by atoms with E-state index in [9.17, 15) is 24.6 Å². The second kappa shape index (κ2) is 18.4. The fraction of sp³-hybridized carbons (Fsp3) is 0.465. The van der Waals surface area contributed by atoms with Crippen molar-refractivity contribution in [1.82, 2.24) is 19.8 Å². The number of amides is 1. The number of aromatic nitrogens is 2. The van der Waals surface area contributed by atoms with Crippen LogP contribution in [-0.2, 0) is 37.4 Å². The fourth-order valence-corrected chi connectivity index (χ4v) is 10.4. The first-order valence-corrected chi connectivity index (χ1v) is 24.6. The summed E-state index contributed by atoms with van der Waals surface area (Å²) in [6, 6.07) is 18.7. The number of nitrogens with one attached hydrogen (secondary N) is 3. The van der Waals surface area contributed by atoms with Gasteiger partial charge in [-0.15, -0.1) is 22.7 Å². The van der Waals surface area contributed by atoms with Crippen LogP contribution in [0.4, 0.5) is 5.69 Å². The zero-order chi connectivity index (χ0) is 41.7. The van der Waals surface area contributed by atoms with Crippen LogP contribution in [0.15, 0.2) is 76.2 Å². The first kappa shape index (κ1) is 43.5. The molecule has 1 atom stereocenters. The molecule has 1 amide bonds. The number of hydrogen-bond acceptors (Lipinski definition) is 11. The number of hydrogen-bond donors (Lipinski definition) is 5. The number of fused-ring (bicyclic) bond motifs is 1. The number of ether oxygens (including phenoxy) is 1. The molecule has 3 heterocycles. The van der Waals surface area contributed by atoms with Crippen LogP contribution in [0.3, 0.4) is 0 Å². The third-order valence-corrected chi connectivity index (χ3v) is 18.3. The summed E-state index contributed by atoms with van der Waals surface area (Å²) in [6.45, 7) is 13.4. The summed E-state index contributed by atoms with van der Waals surface area (Å²) < 4.78 is 14.6. The van der Waals surface area contributed by atoms with E-state index in [1.54, 1.807) is 28.8 Å². The molecule has 1 aliphatic carbocycles. The van der Waals surface area contributed by atoms with E-state index >= 15 is 0 Å². The van der Waals surface area contributed by atoms with Crippen LogP contribution in [0.5, 0.6) is 5.75 Å². The largest absolute Gasteiger partial charge is 0.506 e. The summed E-state index contributed by atoms with van der Waals surface area (Å²) in [6.07, 6.45) is 4.00. The van der Waals surface area contributed by atoms with Crippen molar-refractivity contribution in [2.45, 2.75) is 108 Å². The van der Waals surface area contributed by atoms with Crippen LogP contribution in [0.2, 0.25) is 18.1 Å². The highest BCUT2D eigenvalue weighted by atomic mass is 32.1. The van der Waals surface area contributed by atoms with Crippen LogP contribution in [0, 0.1) is 0 Å². The number of phenols is 1. The van der Waals surface area contributed by atoms with E-state index in [4.69, 9.17) is 9.16 Å². The van der Waals surface area contributed by atoms with E-state index in [-0.39, 0.29) is 28.7 Å². The van der Waals surface area contributed by atoms with Crippen molar-refractivity contribution in [1.29, 1.82) is 0 Å². The number of aromatic hydroxyl groups is 1. The van der Waals surface area contributed by atoms with Crippen molar-refractivity contribution in [3.05, 3.63) is 103 Å². The van der Waals surface area contributed by atoms with Gasteiger partial charge in [0.15, 0.2) is 8.32 Å². The van der Waals surface area contributed by atoms with Gasteiger partial charge in [0.05, 0.1) is 32.6 Å². The fourth-order valence-electron chi connectivity index (χ4n) is 7.38. The number of carbonyl (C=O) groups is 2. The molecule has 0 unspecified atom stereocenters. The Morgan fingerprint density at radius 3 is 2.36 bits per heavy atom. The quantitative estimate of drug-likeness (QED) is 0.0258. The molecule has 1 aliphatic rings. The molecule has 5 N–H and O–H groups in total. The summed E-state index contributed by atoms with van der Waals surface area (Å²) in [4.78, 5) is 44.2. The molecule has 0 aliphatic heterocycles. The van der Waals surface area contributed by atoms with Gasteiger partial charge in [-0.25, -0.2) is 9.59 Å². The molecule has 312 valence electrons. The number of carbonyl (C=O) groups excluding carboxylic acids is 2. The second-order valence-electron chi connectivity index (χ2n) is 16.8. The summed E-state index contributed by atoms with van der Waals surface area (Å²) in [5.41, 5.74) is 1.92. The Kier molecular flexibility index (Phi) is 13.8. The Morgan fingerprint density at radius 1 is 1.05 bits per heavy atom. The molecule has 5 aromatic rings. The van der Waals surface area contributed by atoms with Gasteiger partial charge in [-0.05, 0) is 122 Å². The lowest BCUT2D eigenvalue weighted by Gasteiger charge is -2.39. The minimum absolute atomic E-state index is 0.00797. The topological polar surface area (TPSA) is 158 Å². The van der Waals surface area contributed by atoms with Gasteiger partial charge in [0, 0.05) is 25.7 Å². The summed E-state index contributed by atoms with van der Waals surface area (Å²) in [5, 5.41) is 31.6. The van der Waals surface area contributed by atoms with E-state index in [0.717, 1.165) is 60.8 Å². The van der Waals surface area contributed by atoms with Gasteiger partial charge in [-0.2, -0.15) is 0 Å². The van der Waals surface area contributed by atoms with Crippen molar-refractivity contribution < 1.29 is 29.0 Å². The van der Waals surface area contributed by atoms with E-state index in [1.165, 1.54) is 22.7 Å². The highest BCUT2D eigenvalue weighted by Crippen LogP contribution is 2.41. The van der Waals surface area contributed by atoms with E-state index in [0.29, 0.717) is 47.5 Å². The highest BCUT2D eigenvalue weighted by molar-refractivity contribution is 7.12. The Balaban J connectivity index is 1.00. The molecule has 0 bridgehead atoms. The molecule has 2 aromatic carbocycles. The van der Waals surface area contributed by atoms with Crippen molar-refractivity contribution >= 4 is 60.1 Å². The number of phenolic OH excluding ortho intramolecular Hbond substituents is 1. The Hall–Kier alpha value is -4.09. The Bertz CT molecular complexity index is 2150. The molecular weight excluding hydrogens is 791 g/mol. The summed E-state index contributed by atoms with van der Waals surface area (Å²) in [7, 11) is -0.0731. The van der Waals surface area contributed by atoms with E-state index in [1.807, 2.05) is 47.2 Å². The Labute approximate surface area is 349 Å². The number of H-pyrrole nitrogens is 1. The standard InChI is InChI=1S/C43H57N5O7S2Si/c1-42(2,3)58(5,6)55-37(30-13-19-36(50)34(25-30)45-28-49)27-44-26-29-12-18-35-33(24-29)46-41(52)48(35)21-9-20-47(4)31-14-16-32(17-15-31)54-40(51)43(53,38-10-7-22-56-38)39-11-8-23-57-39/h7-8,10-13,18-19,22-25,28,31-32,37,44,50,53H,9,14-17,20-21,26-27H2,1-6H3,(H,45,49)(H,46,52)/t31-,32-,37-/m0/s1. The van der Waals surface area contributed by atoms with Crippen molar-refractivity contribution in [2.24, 2.45) is 0 Å². The highest BCUT2D eigenvalue weighted by Gasteiger charge is 2.45. The smallest absolute Gasteiger partial charge is 0.349 e. The van der Waals surface area contributed by atoms with E-state index < -0.39 is 19.9 Å². The van der Waals surface area contributed by atoms with Gasteiger partial charge in [0.25, 0.3) is 0 Å². The maximum absolute atomic E-state index is 13.4. The van der Waals surface area contributed by atoms with Crippen molar-refractivity contribution in [2.75, 3.05) is 25.5 Å². The van der Waals surface area contributed by atoms with Gasteiger partial charge in [0.1, 0.15) is 11.9 Å². The predicted octanol–water partition coefficient (Wildman–Crippen LogP) is 7.69. The van der Waals surface area contributed by atoms with E-state index in [2.05, 4.69) is 61.4 Å². The van der Waals surface area contributed by atoms with Gasteiger partial charge >= 0.3 is 11.7 Å². The molecule has 58 heavy (non-hydrogen) atoms. The van der Waals surface area contributed by atoms with Gasteiger partial charge in [-0.3, -0.25) is 9.36 Å². The van der Waals surface area contributed by atoms with Crippen LogP contribution in [-0.4, -0.2) is 77.6 Å². The predicted molar refractivity (Wildman–Crippen MR) is 234 cm³/mol. The average molecular weight is 848 g/mol. The third kappa shape index (κ3) is 9.84. The lowest BCUT2D eigenvalue weighted by atomic mass is 9.91. The monoisotopic (exact) mass is 847 g/mol. The minimum atomic E-state index is -2.19. The summed E-state index contributed by atoms with van der Waals surface area (Å²) >= 11 is 2.69. The molecule has 0 radical (unpaired) electrons. The number of esters is 1. The molecule has 1 fully saturated rings. The summed E-state index contributed by atoms with van der Waals surface area (Å²) in [5.74, 6) is -0.622. The number of rotatable bonds is 18. The first-order valence-electron chi connectivity index (χ1n) is 20.0. The molecular formula is C43H57N5O7S2Si. The minimum Gasteiger partial charge on any atom is -0.506 e. The number of nitrogens with zero attached hydrogens (tertiary/aromatic N) is 2. The number of aliphatic hydroxyl groups is 1. The van der Waals surface area contributed by atoms with Crippen LogP contribution in [0.1, 0.15) is 79.9 Å². The maximum Gasteiger partial charge on any atom is 0.349 e.